The highest BCUT2D eigenvalue weighted by Crippen LogP contribution is 2.27. The van der Waals surface area contributed by atoms with E-state index in [0.29, 0.717) is 21.5 Å². The fourth-order valence-corrected chi connectivity index (χ4v) is 3.07. The molecule has 1 aromatic heterocycles. The molecule has 0 aliphatic rings. The van der Waals surface area contributed by atoms with Gasteiger partial charge in [0.15, 0.2) is 23.3 Å². The van der Waals surface area contributed by atoms with Gasteiger partial charge in [0.05, 0.1) is 11.1 Å². The molecule has 0 bridgehead atoms. The van der Waals surface area contributed by atoms with Gasteiger partial charge in [-0.2, -0.15) is 0 Å². The normalized spacial score (nSPS) is 11.2. The van der Waals surface area contributed by atoms with E-state index >= 15 is 0 Å². The zero-order valence-electron chi connectivity index (χ0n) is 15.3. The van der Waals surface area contributed by atoms with Crippen LogP contribution in [0, 0.1) is 29.1 Å². The van der Waals surface area contributed by atoms with E-state index in [1.54, 1.807) is 30.3 Å². The van der Waals surface area contributed by atoms with Crippen molar-refractivity contribution >= 4 is 22.6 Å². The van der Waals surface area contributed by atoms with Gasteiger partial charge in [0.2, 0.25) is 5.82 Å². The molecule has 4 aromatic rings. The lowest BCUT2D eigenvalue weighted by atomic mass is 10.1. The van der Waals surface area contributed by atoms with Crippen LogP contribution in [0.4, 0.5) is 22.0 Å². The Labute approximate surface area is 176 Å². The largest absolute Gasteiger partial charge is 0.489 e. The van der Waals surface area contributed by atoms with Gasteiger partial charge >= 0.3 is 5.63 Å². The van der Waals surface area contributed by atoms with Gasteiger partial charge in [0.25, 0.3) is 0 Å². The first kappa shape index (κ1) is 20.9. The summed E-state index contributed by atoms with van der Waals surface area (Å²) in [6.45, 7) is -0.926. The number of hydrogen-bond acceptors (Lipinski definition) is 3. The van der Waals surface area contributed by atoms with Crippen molar-refractivity contribution in [1.29, 1.82) is 0 Å². The Hall–Kier alpha value is -3.39. The van der Waals surface area contributed by atoms with Crippen LogP contribution in [0.1, 0.15) is 5.56 Å². The van der Waals surface area contributed by atoms with Gasteiger partial charge in [0.1, 0.15) is 17.9 Å². The Morgan fingerprint density at radius 3 is 2.06 bits per heavy atom. The van der Waals surface area contributed by atoms with Crippen LogP contribution in [0.5, 0.6) is 5.75 Å². The molecule has 0 spiro atoms. The fraction of sp³-hybridized carbons (Fsp3) is 0.0455. The quantitative estimate of drug-likeness (QED) is 0.156. The summed E-state index contributed by atoms with van der Waals surface area (Å²) in [4.78, 5) is 12.3. The van der Waals surface area contributed by atoms with Crippen LogP contribution in [0.2, 0.25) is 5.02 Å². The first-order valence-electron chi connectivity index (χ1n) is 8.73. The van der Waals surface area contributed by atoms with Crippen molar-refractivity contribution in [2.24, 2.45) is 0 Å². The van der Waals surface area contributed by atoms with Gasteiger partial charge in [-0.25, -0.2) is 26.7 Å². The summed E-state index contributed by atoms with van der Waals surface area (Å²) in [7, 11) is 0. The fourth-order valence-electron chi connectivity index (χ4n) is 2.94. The molecular weight excluding hydrogens is 443 g/mol. The Morgan fingerprint density at radius 2 is 1.42 bits per heavy atom. The Balaban J connectivity index is 1.64. The molecule has 158 valence electrons. The monoisotopic (exact) mass is 452 g/mol. The van der Waals surface area contributed by atoms with Crippen molar-refractivity contribution in [3.8, 4) is 16.9 Å². The average molecular weight is 453 g/mol. The highest BCUT2D eigenvalue weighted by atomic mass is 35.5. The molecule has 3 aromatic carbocycles. The van der Waals surface area contributed by atoms with Gasteiger partial charge in [-0.05, 0) is 35.9 Å². The molecule has 0 radical (unpaired) electrons. The standard InChI is InChI=1S/C22H10ClF5O3/c23-12-4-1-10(2-5-12)14-7-11-3-6-13(8-16(11)31-22(14)29)30-9-15-17(24)19(26)21(28)20(27)18(15)25/h1-8H,9H2. The maximum Gasteiger partial charge on any atom is 0.344 e. The van der Waals surface area contributed by atoms with Crippen molar-refractivity contribution in [3.63, 3.8) is 0 Å². The molecule has 0 saturated carbocycles. The molecule has 1 heterocycles. The zero-order chi connectivity index (χ0) is 22.3. The van der Waals surface area contributed by atoms with E-state index in [1.165, 1.54) is 18.2 Å². The first-order valence-corrected chi connectivity index (χ1v) is 9.11. The molecule has 0 fully saturated rings. The Kier molecular flexibility index (Phi) is 5.41. The van der Waals surface area contributed by atoms with E-state index in [9.17, 15) is 26.7 Å². The second-order valence-electron chi connectivity index (χ2n) is 6.49. The summed E-state index contributed by atoms with van der Waals surface area (Å²) in [5, 5.41) is 1.03. The van der Waals surface area contributed by atoms with Crippen LogP contribution in [-0.4, -0.2) is 0 Å². The third kappa shape index (κ3) is 3.86. The molecule has 0 unspecified atom stereocenters. The molecular formula is C22H10ClF5O3. The molecule has 0 N–H and O–H groups in total. The lowest BCUT2D eigenvalue weighted by Gasteiger charge is -2.10. The molecule has 0 atom stereocenters. The highest BCUT2D eigenvalue weighted by Gasteiger charge is 2.26. The maximum absolute atomic E-state index is 13.8. The van der Waals surface area contributed by atoms with Crippen molar-refractivity contribution in [1.82, 2.24) is 0 Å². The van der Waals surface area contributed by atoms with Crippen molar-refractivity contribution in [2.45, 2.75) is 6.61 Å². The smallest absolute Gasteiger partial charge is 0.344 e. The van der Waals surface area contributed by atoms with E-state index in [1.807, 2.05) is 0 Å². The number of hydrogen-bond donors (Lipinski definition) is 0. The number of benzene rings is 3. The second-order valence-corrected chi connectivity index (χ2v) is 6.93. The third-order valence-corrected chi connectivity index (χ3v) is 4.80. The van der Waals surface area contributed by atoms with Gasteiger partial charge in [-0.15, -0.1) is 0 Å². The van der Waals surface area contributed by atoms with Crippen molar-refractivity contribution in [2.75, 3.05) is 0 Å². The molecule has 9 heteroatoms. The molecule has 3 nitrogen and oxygen atoms in total. The molecule has 0 amide bonds. The summed E-state index contributed by atoms with van der Waals surface area (Å²) in [5.74, 6) is -10.3. The molecule has 4 rings (SSSR count). The van der Waals surface area contributed by atoms with Gasteiger partial charge in [-0.3, -0.25) is 0 Å². The van der Waals surface area contributed by atoms with Crippen LogP contribution in [0.25, 0.3) is 22.1 Å². The Morgan fingerprint density at radius 1 is 0.806 bits per heavy atom. The average Bonchev–Trinajstić information content (AvgIpc) is 2.76. The summed E-state index contributed by atoms with van der Waals surface area (Å²) in [6, 6.07) is 12.3. The minimum Gasteiger partial charge on any atom is -0.489 e. The van der Waals surface area contributed by atoms with Crippen LogP contribution >= 0.6 is 11.6 Å². The van der Waals surface area contributed by atoms with E-state index in [0.717, 1.165) is 0 Å². The molecule has 0 aliphatic heterocycles. The SMILES string of the molecule is O=c1oc2cc(OCc3c(F)c(F)c(F)c(F)c3F)ccc2cc1-c1ccc(Cl)cc1. The van der Waals surface area contributed by atoms with Gasteiger partial charge < -0.3 is 9.15 Å². The number of halogens is 6. The predicted octanol–water partition coefficient (Wildman–Crippen LogP) is 6.39. The second kappa shape index (κ2) is 8.03. The summed E-state index contributed by atoms with van der Waals surface area (Å²) < 4.78 is 77.7. The van der Waals surface area contributed by atoms with E-state index < -0.39 is 46.9 Å². The summed E-state index contributed by atoms with van der Waals surface area (Å²) >= 11 is 5.85. The first-order chi connectivity index (χ1) is 14.8. The topological polar surface area (TPSA) is 39.4 Å². The van der Waals surface area contributed by atoms with Crippen molar-refractivity contribution < 1.29 is 31.1 Å². The molecule has 0 saturated heterocycles. The van der Waals surface area contributed by atoms with Crippen LogP contribution in [-0.2, 0) is 6.61 Å². The van der Waals surface area contributed by atoms with Crippen LogP contribution in [0.15, 0.2) is 57.7 Å². The molecule has 0 aliphatic carbocycles. The predicted molar refractivity (Wildman–Crippen MR) is 103 cm³/mol. The lowest BCUT2D eigenvalue weighted by molar-refractivity contribution is 0.279. The van der Waals surface area contributed by atoms with E-state index in [4.69, 9.17) is 20.8 Å². The Bertz CT molecular complexity index is 1340. The van der Waals surface area contributed by atoms with Gasteiger partial charge in [-0.1, -0.05) is 23.7 Å². The third-order valence-electron chi connectivity index (χ3n) is 4.55. The summed E-state index contributed by atoms with van der Waals surface area (Å²) in [5.41, 5.74) is -0.772. The number of rotatable bonds is 4. The van der Waals surface area contributed by atoms with E-state index in [-0.39, 0.29) is 11.3 Å². The minimum absolute atomic E-state index is 0.00108. The highest BCUT2D eigenvalue weighted by molar-refractivity contribution is 6.30. The van der Waals surface area contributed by atoms with Crippen LogP contribution < -0.4 is 10.4 Å². The van der Waals surface area contributed by atoms with Crippen LogP contribution in [0.3, 0.4) is 0 Å². The minimum atomic E-state index is -2.25. The maximum atomic E-state index is 13.8. The lowest BCUT2D eigenvalue weighted by Crippen LogP contribution is -2.10. The number of ether oxygens (including phenoxy) is 1. The van der Waals surface area contributed by atoms with Crippen molar-refractivity contribution in [3.05, 3.63) is 98.6 Å². The van der Waals surface area contributed by atoms with E-state index in [2.05, 4.69) is 0 Å². The van der Waals surface area contributed by atoms with Gasteiger partial charge in [0, 0.05) is 16.5 Å². The summed E-state index contributed by atoms with van der Waals surface area (Å²) in [6.07, 6.45) is 0. The molecule has 31 heavy (non-hydrogen) atoms. The zero-order valence-corrected chi connectivity index (χ0v) is 16.1. The number of fused-ring (bicyclic) bond motifs is 1.